The molecular weight excluding hydrogens is 352 g/mol. The number of fused-ring (bicyclic) bond motifs is 1. The smallest absolute Gasteiger partial charge is 0.163 e. The Morgan fingerprint density at radius 2 is 2.10 bits per heavy atom. The van der Waals surface area contributed by atoms with Crippen LogP contribution in [0.3, 0.4) is 0 Å². The van der Waals surface area contributed by atoms with E-state index in [1.54, 1.807) is 18.2 Å². The van der Waals surface area contributed by atoms with Crippen LogP contribution in [0, 0.1) is 0 Å². The molecule has 2 nitrogen and oxygen atoms in total. The van der Waals surface area contributed by atoms with Crippen molar-refractivity contribution >= 4 is 33.3 Å². The molecule has 0 amide bonds. The van der Waals surface area contributed by atoms with Crippen LogP contribution in [0.4, 0.5) is 0 Å². The van der Waals surface area contributed by atoms with Crippen molar-refractivity contribution in [2.45, 2.75) is 18.8 Å². The summed E-state index contributed by atoms with van der Waals surface area (Å²) in [5.74, 6) is 1.25. The maximum absolute atomic E-state index is 12.5. The zero-order chi connectivity index (χ0) is 14.8. The third-order valence-electron chi connectivity index (χ3n) is 3.76. The molecule has 2 aromatic rings. The van der Waals surface area contributed by atoms with E-state index in [9.17, 15) is 4.79 Å². The van der Waals surface area contributed by atoms with Gasteiger partial charge < -0.3 is 4.74 Å². The normalized spacial score (nSPS) is 17.0. The van der Waals surface area contributed by atoms with Crippen LogP contribution in [0.15, 0.2) is 46.9 Å². The highest BCUT2D eigenvalue weighted by molar-refractivity contribution is 9.10. The Kier molecular flexibility index (Phi) is 4.32. The summed E-state index contributed by atoms with van der Waals surface area (Å²) >= 11 is 9.33. The molecule has 21 heavy (non-hydrogen) atoms. The van der Waals surface area contributed by atoms with Gasteiger partial charge in [0.05, 0.1) is 11.6 Å². The van der Waals surface area contributed by atoms with E-state index in [2.05, 4.69) is 15.9 Å². The molecule has 1 unspecified atom stereocenters. The summed E-state index contributed by atoms with van der Waals surface area (Å²) in [4.78, 5) is 12.5. The Labute approximate surface area is 137 Å². The predicted molar refractivity (Wildman–Crippen MR) is 87.4 cm³/mol. The van der Waals surface area contributed by atoms with Crippen LogP contribution < -0.4 is 4.74 Å². The van der Waals surface area contributed by atoms with Gasteiger partial charge in [-0.15, -0.1) is 0 Å². The molecule has 1 aliphatic heterocycles. The molecule has 0 spiro atoms. The van der Waals surface area contributed by atoms with E-state index >= 15 is 0 Å². The molecule has 108 valence electrons. The van der Waals surface area contributed by atoms with Gasteiger partial charge in [0.15, 0.2) is 5.78 Å². The van der Waals surface area contributed by atoms with E-state index < -0.39 is 0 Å². The molecule has 1 atom stereocenters. The lowest BCUT2D eigenvalue weighted by molar-refractivity contribution is 0.0966. The van der Waals surface area contributed by atoms with Gasteiger partial charge in [0.1, 0.15) is 5.75 Å². The molecule has 0 fully saturated rings. The maximum atomic E-state index is 12.5. The highest BCUT2D eigenvalue weighted by Gasteiger charge is 2.24. The van der Waals surface area contributed by atoms with Crippen LogP contribution >= 0.6 is 27.5 Å². The van der Waals surface area contributed by atoms with Gasteiger partial charge in [-0.25, -0.2) is 0 Å². The van der Waals surface area contributed by atoms with Crippen molar-refractivity contribution in [3.8, 4) is 5.75 Å². The van der Waals surface area contributed by atoms with E-state index in [0.717, 1.165) is 22.2 Å². The van der Waals surface area contributed by atoms with Crippen LogP contribution in [0.1, 0.15) is 34.7 Å². The number of ketones is 1. The minimum atomic E-state index is 0.133. The van der Waals surface area contributed by atoms with Gasteiger partial charge in [0, 0.05) is 16.5 Å². The fraction of sp³-hybridized carbons (Fsp3) is 0.235. The lowest BCUT2D eigenvalue weighted by atomic mass is 9.87. The molecule has 1 heterocycles. The highest BCUT2D eigenvalue weighted by atomic mass is 79.9. The number of carbonyl (C=O) groups is 1. The first-order valence-corrected chi connectivity index (χ1v) is 8.02. The molecular formula is C17H14BrClO2. The molecule has 1 aliphatic rings. The minimum Gasteiger partial charge on any atom is -0.493 e. The molecule has 0 N–H and O–H groups in total. The number of hydrogen-bond acceptors (Lipinski definition) is 2. The van der Waals surface area contributed by atoms with Crippen LogP contribution in [0.5, 0.6) is 5.75 Å². The molecule has 0 bridgehead atoms. The number of ether oxygens (including phenoxy) is 1. The van der Waals surface area contributed by atoms with Crippen molar-refractivity contribution in [2.75, 3.05) is 6.61 Å². The number of rotatable bonds is 3. The Hall–Kier alpha value is -1.32. The summed E-state index contributed by atoms with van der Waals surface area (Å²) < 4.78 is 6.39. The molecule has 0 aromatic heterocycles. The topological polar surface area (TPSA) is 26.3 Å². The number of para-hydroxylation sites is 1. The van der Waals surface area contributed by atoms with E-state index in [1.165, 1.54) is 0 Å². The lowest BCUT2D eigenvalue weighted by Gasteiger charge is -2.25. The van der Waals surface area contributed by atoms with Gasteiger partial charge >= 0.3 is 0 Å². The quantitative estimate of drug-likeness (QED) is 0.695. The van der Waals surface area contributed by atoms with Gasteiger partial charge in [-0.2, -0.15) is 0 Å². The summed E-state index contributed by atoms with van der Waals surface area (Å²) in [6, 6.07) is 13.3. The van der Waals surface area contributed by atoms with Crippen LogP contribution in [0.2, 0.25) is 5.02 Å². The SMILES string of the molecule is O=C(CC1CCOc2ccccc21)c1ccc(Cl)c(Br)c1. The van der Waals surface area contributed by atoms with Crippen molar-refractivity contribution in [1.29, 1.82) is 0 Å². The molecule has 4 heteroatoms. The Morgan fingerprint density at radius 3 is 2.90 bits per heavy atom. The Bertz CT molecular complexity index is 684. The summed E-state index contributed by atoms with van der Waals surface area (Å²) in [5.41, 5.74) is 1.82. The zero-order valence-corrected chi connectivity index (χ0v) is 13.7. The summed E-state index contributed by atoms with van der Waals surface area (Å²) in [7, 11) is 0. The highest BCUT2D eigenvalue weighted by Crippen LogP contribution is 2.36. The van der Waals surface area contributed by atoms with E-state index in [1.807, 2.05) is 24.3 Å². The number of benzene rings is 2. The lowest BCUT2D eigenvalue weighted by Crippen LogP contribution is -2.17. The van der Waals surface area contributed by atoms with E-state index in [-0.39, 0.29) is 11.7 Å². The van der Waals surface area contributed by atoms with Crippen molar-refractivity contribution in [3.05, 3.63) is 63.1 Å². The van der Waals surface area contributed by atoms with Gasteiger partial charge in [0.25, 0.3) is 0 Å². The molecule has 0 radical (unpaired) electrons. The molecule has 0 saturated carbocycles. The minimum absolute atomic E-state index is 0.133. The van der Waals surface area contributed by atoms with E-state index in [4.69, 9.17) is 16.3 Å². The fourth-order valence-electron chi connectivity index (χ4n) is 2.64. The Balaban J connectivity index is 1.81. The van der Waals surface area contributed by atoms with Crippen LogP contribution in [0.25, 0.3) is 0 Å². The third kappa shape index (κ3) is 3.14. The van der Waals surface area contributed by atoms with Crippen molar-refractivity contribution in [3.63, 3.8) is 0 Å². The van der Waals surface area contributed by atoms with Gasteiger partial charge in [-0.05, 0) is 58.1 Å². The molecule has 0 aliphatic carbocycles. The largest absolute Gasteiger partial charge is 0.493 e. The second-order valence-corrected chi connectivity index (χ2v) is 6.39. The van der Waals surface area contributed by atoms with Crippen LogP contribution in [-0.2, 0) is 0 Å². The van der Waals surface area contributed by atoms with Crippen molar-refractivity contribution in [1.82, 2.24) is 0 Å². The van der Waals surface area contributed by atoms with Gasteiger partial charge in [0.2, 0.25) is 0 Å². The van der Waals surface area contributed by atoms with Crippen molar-refractivity contribution < 1.29 is 9.53 Å². The average molecular weight is 366 g/mol. The number of carbonyl (C=O) groups excluding carboxylic acids is 1. The monoisotopic (exact) mass is 364 g/mol. The molecule has 2 aromatic carbocycles. The second-order valence-electron chi connectivity index (χ2n) is 5.13. The average Bonchev–Trinajstić information content (AvgIpc) is 2.50. The maximum Gasteiger partial charge on any atom is 0.163 e. The third-order valence-corrected chi connectivity index (χ3v) is 4.97. The fourth-order valence-corrected chi connectivity index (χ4v) is 3.14. The second kappa shape index (κ2) is 6.20. The van der Waals surface area contributed by atoms with E-state index in [0.29, 0.717) is 23.6 Å². The summed E-state index contributed by atoms with van der Waals surface area (Å²) in [6.45, 7) is 0.666. The number of halogens is 2. The number of hydrogen-bond donors (Lipinski definition) is 0. The first-order valence-electron chi connectivity index (χ1n) is 6.85. The van der Waals surface area contributed by atoms with Gasteiger partial charge in [-0.3, -0.25) is 4.79 Å². The first-order chi connectivity index (χ1) is 10.1. The van der Waals surface area contributed by atoms with Gasteiger partial charge in [-0.1, -0.05) is 29.8 Å². The standard InChI is InChI=1S/C17H14BrClO2/c18-14-9-12(5-6-15(14)19)16(20)10-11-7-8-21-17-4-2-1-3-13(11)17/h1-6,9,11H,7-8,10H2. The predicted octanol–water partition coefficient (Wildman–Crippen LogP) is 5.24. The first kappa shape index (κ1) is 14.6. The van der Waals surface area contributed by atoms with Crippen LogP contribution in [-0.4, -0.2) is 12.4 Å². The summed E-state index contributed by atoms with van der Waals surface area (Å²) in [6.07, 6.45) is 1.37. The number of Topliss-reactive ketones (excluding diaryl/α,β-unsaturated/α-hetero) is 1. The summed E-state index contributed by atoms with van der Waals surface area (Å²) in [5, 5.41) is 0.614. The molecule has 3 rings (SSSR count). The molecule has 0 saturated heterocycles. The van der Waals surface area contributed by atoms with Crippen molar-refractivity contribution in [2.24, 2.45) is 0 Å². The Morgan fingerprint density at radius 1 is 1.29 bits per heavy atom. The zero-order valence-electron chi connectivity index (χ0n) is 11.3.